The molecule has 1 aliphatic heterocycles. The van der Waals surface area contributed by atoms with E-state index >= 15 is 0 Å². The number of carbonyl (C=O) groups is 1. The molecule has 0 aromatic heterocycles. The van der Waals surface area contributed by atoms with Gasteiger partial charge in [-0.05, 0) is 25.0 Å². The molecule has 1 heterocycles. The van der Waals surface area contributed by atoms with Crippen LogP contribution in [0.25, 0.3) is 0 Å². The SMILES string of the molecule is O=C1Nc2ccccc2NC12CCCC2. The molecular weight excluding hydrogens is 188 g/mol. The summed E-state index contributed by atoms with van der Waals surface area (Å²) in [5.74, 6) is 0.138. The molecule has 1 aromatic carbocycles. The highest BCUT2D eigenvalue weighted by Crippen LogP contribution is 2.39. The number of fused-ring (bicyclic) bond motifs is 1. The first-order chi connectivity index (χ1) is 7.30. The van der Waals surface area contributed by atoms with E-state index in [4.69, 9.17) is 0 Å². The van der Waals surface area contributed by atoms with Crippen LogP contribution in [0.5, 0.6) is 0 Å². The lowest BCUT2D eigenvalue weighted by Crippen LogP contribution is -2.50. The van der Waals surface area contributed by atoms with Crippen molar-refractivity contribution in [2.75, 3.05) is 10.6 Å². The van der Waals surface area contributed by atoms with Crippen LogP contribution in [0.15, 0.2) is 24.3 Å². The third-order valence-corrected chi connectivity index (χ3v) is 3.44. The Bertz CT molecular complexity index is 408. The van der Waals surface area contributed by atoms with Crippen LogP contribution in [0, 0.1) is 0 Å². The number of nitrogens with one attached hydrogen (secondary N) is 2. The second-order valence-corrected chi connectivity index (χ2v) is 4.41. The van der Waals surface area contributed by atoms with Gasteiger partial charge in [-0.15, -0.1) is 0 Å². The molecule has 3 nitrogen and oxygen atoms in total. The Hall–Kier alpha value is -1.51. The lowest BCUT2D eigenvalue weighted by atomic mass is 9.93. The third-order valence-electron chi connectivity index (χ3n) is 3.44. The fourth-order valence-electron chi connectivity index (χ4n) is 2.59. The van der Waals surface area contributed by atoms with Gasteiger partial charge in [-0.3, -0.25) is 4.79 Å². The van der Waals surface area contributed by atoms with E-state index in [1.165, 1.54) is 0 Å². The summed E-state index contributed by atoms with van der Waals surface area (Å²) >= 11 is 0. The lowest BCUT2D eigenvalue weighted by Gasteiger charge is -2.35. The molecule has 2 aliphatic rings. The fraction of sp³-hybridized carbons (Fsp3) is 0.417. The summed E-state index contributed by atoms with van der Waals surface area (Å²) in [5.41, 5.74) is 1.63. The normalized spacial score (nSPS) is 22.0. The third kappa shape index (κ3) is 1.23. The molecule has 2 N–H and O–H groups in total. The molecule has 1 spiro atoms. The number of para-hydroxylation sites is 2. The van der Waals surface area contributed by atoms with E-state index in [0.29, 0.717) is 0 Å². The number of hydrogen-bond donors (Lipinski definition) is 2. The molecular formula is C12H14N2O. The quantitative estimate of drug-likeness (QED) is 0.678. The van der Waals surface area contributed by atoms with E-state index in [2.05, 4.69) is 10.6 Å². The summed E-state index contributed by atoms with van der Waals surface area (Å²) in [4.78, 5) is 12.0. The van der Waals surface area contributed by atoms with Crippen LogP contribution in [0.1, 0.15) is 25.7 Å². The van der Waals surface area contributed by atoms with E-state index in [1.807, 2.05) is 24.3 Å². The summed E-state index contributed by atoms with van der Waals surface area (Å²) in [6.45, 7) is 0. The maximum absolute atomic E-state index is 12.0. The molecule has 78 valence electrons. The molecule has 0 atom stereocenters. The Morgan fingerprint density at radius 2 is 1.73 bits per heavy atom. The Morgan fingerprint density at radius 1 is 1.07 bits per heavy atom. The molecule has 1 aliphatic carbocycles. The van der Waals surface area contributed by atoms with Gasteiger partial charge in [-0.25, -0.2) is 0 Å². The van der Waals surface area contributed by atoms with Gasteiger partial charge in [-0.2, -0.15) is 0 Å². The summed E-state index contributed by atoms with van der Waals surface area (Å²) in [6, 6.07) is 7.89. The Kier molecular flexibility index (Phi) is 1.75. The average molecular weight is 202 g/mol. The maximum atomic E-state index is 12.0. The number of hydrogen-bond acceptors (Lipinski definition) is 2. The van der Waals surface area contributed by atoms with Crippen molar-refractivity contribution >= 4 is 17.3 Å². The fourth-order valence-corrected chi connectivity index (χ4v) is 2.59. The molecule has 0 saturated heterocycles. The zero-order chi connectivity index (χ0) is 10.3. The summed E-state index contributed by atoms with van der Waals surface area (Å²) in [5, 5.41) is 6.40. The van der Waals surface area contributed by atoms with Crippen LogP contribution in [0.3, 0.4) is 0 Å². The summed E-state index contributed by atoms with van der Waals surface area (Å²) < 4.78 is 0. The van der Waals surface area contributed by atoms with Crippen LogP contribution in [0.2, 0.25) is 0 Å². The highest BCUT2D eigenvalue weighted by atomic mass is 16.2. The van der Waals surface area contributed by atoms with Crippen molar-refractivity contribution in [3.8, 4) is 0 Å². The smallest absolute Gasteiger partial charge is 0.250 e. The first-order valence-electron chi connectivity index (χ1n) is 5.49. The first kappa shape index (κ1) is 8.77. The van der Waals surface area contributed by atoms with Gasteiger partial charge in [0, 0.05) is 0 Å². The summed E-state index contributed by atoms with van der Waals surface area (Å²) in [6.07, 6.45) is 4.19. The van der Waals surface area contributed by atoms with Crippen LogP contribution in [0.4, 0.5) is 11.4 Å². The minimum absolute atomic E-state index is 0.138. The van der Waals surface area contributed by atoms with Gasteiger partial charge in [0.25, 0.3) is 0 Å². The predicted octanol–water partition coefficient (Wildman–Crippen LogP) is 2.36. The number of amides is 1. The number of benzene rings is 1. The van der Waals surface area contributed by atoms with E-state index in [9.17, 15) is 4.79 Å². The van der Waals surface area contributed by atoms with E-state index < -0.39 is 0 Å². The topological polar surface area (TPSA) is 41.1 Å². The zero-order valence-electron chi connectivity index (χ0n) is 8.55. The predicted molar refractivity (Wildman–Crippen MR) is 59.9 cm³/mol. The highest BCUT2D eigenvalue weighted by molar-refractivity contribution is 6.06. The van der Waals surface area contributed by atoms with Gasteiger partial charge in [0.15, 0.2) is 0 Å². The van der Waals surface area contributed by atoms with Crippen LogP contribution >= 0.6 is 0 Å². The zero-order valence-corrected chi connectivity index (χ0v) is 8.55. The van der Waals surface area contributed by atoms with Gasteiger partial charge < -0.3 is 10.6 Å². The molecule has 3 heteroatoms. The van der Waals surface area contributed by atoms with E-state index in [1.54, 1.807) is 0 Å². The van der Waals surface area contributed by atoms with Gasteiger partial charge >= 0.3 is 0 Å². The van der Waals surface area contributed by atoms with Gasteiger partial charge in [0.05, 0.1) is 11.4 Å². The van der Waals surface area contributed by atoms with Crippen LogP contribution in [-0.4, -0.2) is 11.4 Å². The standard InChI is InChI=1S/C12H14N2O/c15-11-12(7-3-4-8-12)14-10-6-2-1-5-9(10)13-11/h1-2,5-6,14H,3-4,7-8H2,(H,13,15). The molecule has 0 radical (unpaired) electrons. The monoisotopic (exact) mass is 202 g/mol. The lowest BCUT2D eigenvalue weighted by molar-refractivity contribution is -0.120. The van der Waals surface area contributed by atoms with Crippen molar-refractivity contribution in [3.05, 3.63) is 24.3 Å². The van der Waals surface area contributed by atoms with Gasteiger partial charge in [-0.1, -0.05) is 25.0 Å². The Morgan fingerprint density at radius 3 is 2.47 bits per heavy atom. The van der Waals surface area contributed by atoms with Crippen LogP contribution < -0.4 is 10.6 Å². The minimum atomic E-state index is -0.325. The minimum Gasteiger partial charge on any atom is -0.370 e. The Balaban J connectivity index is 2.02. The first-order valence-corrected chi connectivity index (χ1v) is 5.49. The largest absolute Gasteiger partial charge is 0.370 e. The van der Waals surface area contributed by atoms with E-state index in [-0.39, 0.29) is 11.4 Å². The van der Waals surface area contributed by atoms with Crippen molar-refractivity contribution in [2.45, 2.75) is 31.2 Å². The average Bonchev–Trinajstić information content (AvgIpc) is 2.70. The van der Waals surface area contributed by atoms with Gasteiger partial charge in [0.1, 0.15) is 5.54 Å². The molecule has 0 unspecified atom stereocenters. The second kappa shape index (κ2) is 2.99. The Labute approximate surface area is 88.9 Å². The highest BCUT2D eigenvalue weighted by Gasteiger charge is 2.43. The number of anilines is 2. The van der Waals surface area contributed by atoms with Crippen molar-refractivity contribution in [2.24, 2.45) is 0 Å². The molecule has 0 bridgehead atoms. The van der Waals surface area contributed by atoms with Crippen molar-refractivity contribution in [1.29, 1.82) is 0 Å². The number of carbonyl (C=O) groups excluding carboxylic acids is 1. The molecule has 1 fully saturated rings. The van der Waals surface area contributed by atoms with Crippen molar-refractivity contribution < 1.29 is 4.79 Å². The second-order valence-electron chi connectivity index (χ2n) is 4.41. The molecule has 3 rings (SSSR count). The van der Waals surface area contributed by atoms with Crippen molar-refractivity contribution in [1.82, 2.24) is 0 Å². The molecule has 15 heavy (non-hydrogen) atoms. The van der Waals surface area contributed by atoms with Crippen LogP contribution in [-0.2, 0) is 4.79 Å². The summed E-state index contributed by atoms with van der Waals surface area (Å²) in [7, 11) is 0. The molecule has 1 amide bonds. The maximum Gasteiger partial charge on any atom is 0.250 e. The van der Waals surface area contributed by atoms with Crippen molar-refractivity contribution in [3.63, 3.8) is 0 Å². The van der Waals surface area contributed by atoms with Gasteiger partial charge in [0.2, 0.25) is 5.91 Å². The van der Waals surface area contributed by atoms with E-state index in [0.717, 1.165) is 37.1 Å². The number of rotatable bonds is 0. The molecule has 1 saturated carbocycles. The molecule has 1 aromatic rings.